The molecule has 0 aliphatic heterocycles. The highest BCUT2D eigenvalue weighted by atomic mass is 35.5. The minimum absolute atomic E-state index is 0.0782. The number of nitrogens with one attached hydrogen (secondary N) is 1. The van der Waals surface area contributed by atoms with Crippen LogP contribution in [0.2, 0.25) is 15.1 Å². The Morgan fingerprint density at radius 2 is 1.61 bits per heavy atom. The molecule has 0 saturated carbocycles. The maximum absolute atomic E-state index is 13.0. The molecule has 174 valence electrons. The van der Waals surface area contributed by atoms with Gasteiger partial charge in [0.25, 0.3) is 11.7 Å². The summed E-state index contributed by atoms with van der Waals surface area (Å²) in [5.74, 6) is -1.34. The molecular formula is C25H26Cl3N3O2. The van der Waals surface area contributed by atoms with Crippen LogP contribution >= 0.6 is 34.8 Å². The summed E-state index contributed by atoms with van der Waals surface area (Å²) in [5.41, 5.74) is 2.63. The number of amides is 1. The summed E-state index contributed by atoms with van der Waals surface area (Å²) in [6.07, 6.45) is 5.30. The molecular weight excluding hydrogens is 481 g/mol. The van der Waals surface area contributed by atoms with Crippen LogP contribution in [0.4, 0.5) is 0 Å². The van der Waals surface area contributed by atoms with Gasteiger partial charge in [-0.2, -0.15) is 5.10 Å². The highest BCUT2D eigenvalue weighted by Crippen LogP contribution is 2.33. The first-order valence-electron chi connectivity index (χ1n) is 11.0. The van der Waals surface area contributed by atoms with E-state index in [0.717, 1.165) is 31.2 Å². The number of hydrogen-bond donors (Lipinski definition) is 1. The Bertz CT molecular complexity index is 1140. The number of carbonyl (C=O) groups excluding carboxylic acids is 2. The van der Waals surface area contributed by atoms with Gasteiger partial charge < -0.3 is 5.32 Å². The molecule has 0 fully saturated rings. The van der Waals surface area contributed by atoms with E-state index in [9.17, 15) is 9.59 Å². The number of aromatic nitrogens is 2. The van der Waals surface area contributed by atoms with E-state index in [1.54, 1.807) is 41.9 Å². The van der Waals surface area contributed by atoms with E-state index >= 15 is 0 Å². The smallest absolute Gasteiger partial charge is 0.294 e. The lowest BCUT2D eigenvalue weighted by atomic mass is 10.0. The third-order valence-electron chi connectivity index (χ3n) is 5.36. The molecule has 1 aromatic heterocycles. The highest BCUT2D eigenvalue weighted by molar-refractivity contribution is 6.42. The van der Waals surface area contributed by atoms with Gasteiger partial charge in [-0.1, -0.05) is 79.5 Å². The number of rotatable bonds is 10. The second-order valence-corrected chi connectivity index (χ2v) is 9.12. The molecule has 3 rings (SSSR count). The summed E-state index contributed by atoms with van der Waals surface area (Å²) >= 11 is 18.6. The first-order valence-corrected chi connectivity index (χ1v) is 12.1. The molecule has 3 aromatic rings. The van der Waals surface area contributed by atoms with Gasteiger partial charge in [0, 0.05) is 27.7 Å². The standard InChI is InChI=1S/C25H26Cl3N3O2/c1-3-4-5-6-7-14-29-25(33)24(32)22-16(2)23(17-8-10-18(26)11-9-17)31(30-22)21-13-12-19(27)15-20(21)28/h8-13,15H,3-7,14H2,1-2H3,(H,29,33). The second-order valence-electron chi connectivity index (χ2n) is 7.84. The summed E-state index contributed by atoms with van der Waals surface area (Å²) < 4.78 is 1.57. The molecule has 0 unspecified atom stereocenters. The Labute approximate surface area is 209 Å². The van der Waals surface area contributed by atoms with Gasteiger partial charge in [-0.15, -0.1) is 0 Å². The van der Waals surface area contributed by atoms with Crippen LogP contribution in [0.25, 0.3) is 16.9 Å². The van der Waals surface area contributed by atoms with Crippen molar-refractivity contribution >= 4 is 46.5 Å². The van der Waals surface area contributed by atoms with Crippen molar-refractivity contribution in [2.45, 2.75) is 46.0 Å². The maximum Gasteiger partial charge on any atom is 0.294 e. The van der Waals surface area contributed by atoms with Crippen LogP contribution in [0, 0.1) is 6.92 Å². The lowest BCUT2D eigenvalue weighted by molar-refractivity contribution is -0.117. The topological polar surface area (TPSA) is 64.0 Å². The molecule has 0 bridgehead atoms. The molecule has 5 nitrogen and oxygen atoms in total. The number of benzene rings is 2. The molecule has 0 saturated heterocycles. The Hall–Kier alpha value is -2.34. The third-order valence-corrected chi connectivity index (χ3v) is 6.15. The van der Waals surface area contributed by atoms with Gasteiger partial charge in [0.05, 0.1) is 16.4 Å². The molecule has 8 heteroatoms. The first-order chi connectivity index (χ1) is 15.8. The number of ketones is 1. The third kappa shape index (κ3) is 6.17. The van der Waals surface area contributed by atoms with E-state index < -0.39 is 11.7 Å². The van der Waals surface area contributed by atoms with Gasteiger partial charge in [-0.05, 0) is 43.7 Å². The molecule has 0 aliphatic rings. The van der Waals surface area contributed by atoms with Gasteiger partial charge in [-0.25, -0.2) is 4.68 Å². The van der Waals surface area contributed by atoms with Crippen molar-refractivity contribution < 1.29 is 9.59 Å². The molecule has 0 spiro atoms. The van der Waals surface area contributed by atoms with E-state index in [1.165, 1.54) is 6.42 Å². The fraction of sp³-hybridized carbons (Fsp3) is 0.320. The van der Waals surface area contributed by atoms with Gasteiger partial charge in [0.2, 0.25) is 0 Å². The van der Waals surface area contributed by atoms with Crippen molar-refractivity contribution in [1.29, 1.82) is 0 Å². The van der Waals surface area contributed by atoms with Crippen molar-refractivity contribution in [2.24, 2.45) is 0 Å². The van der Waals surface area contributed by atoms with Gasteiger partial charge in [0.1, 0.15) is 5.69 Å². The van der Waals surface area contributed by atoms with E-state index in [1.807, 2.05) is 12.1 Å². The summed E-state index contributed by atoms with van der Waals surface area (Å²) in [4.78, 5) is 25.6. The SMILES string of the molecule is CCCCCCCNC(=O)C(=O)c1nn(-c2ccc(Cl)cc2Cl)c(-c2ccc(Cl)cc2)c1C. The summed E-state index contributed by atoms with van der Waals surface area (Å²) in [6.45, 7) is 4.38. The predicted octanol–water partition coefficient (Wildman–Crippen LogP) is 7.08. The maximum atomic E-state index is 13.0. The van der Waals surface area contributed by atoms with E-state index in [-0.39, 0.29) is 5.69 Å². The fourth-order valence-corrected chi connectivity index (χ4v) is 4.22. The molecule has 33 heavy (non-hydrogen) atoms. The minimum atomic E-state index is -0.680. The van der Waals surface area contributed by atoms with Gasteiger partial charge in [0.15, 0.2) is 0 Å². The van der Waals surface area contributed by atoms with Crippen LogP contribution < -0.4 is 5.32 Å². The number of halogens is 3. The van der Waals surface area contributed by atoms with Gasteiger partial charge in [-0.3, -0.25) is 9.59 Å². The van der Waals surface area contributed by atoms with Crippen LogP contribution in [-0.2, 0) is 4.79 Å². The second kappa shape index (κ2) is 11.7. The highest BCUT2D eigenvalue weighted by Gasteiger charge is 2.27. The lowest BCUT2D eigenvalue weighted by Gasteiger charge is -2.11. The van der Waals surface area contributed by atoms with Crippen LogP contribution in [0.15, 0.2) is 42.5 Å². The lowest BCUT2D eigenvalue weighted by Crippen LogP contribution is -2.32. The molecule has 0 radical (unpaired) electrons. The molecule has 0 aliphatic carbocycles. The Balaban J connectivity index is 1.93. The van der Waals surface area contributed by atoms with Crippen molar-refractivity contribution in [1.82, 2.24) is 15.1 Å². The zero-order valence-corrected chi connectivity index (χ0v) is 20.9. The van der Waals surface area contributed by atoms with Crippen LogP contribution in [0.5, 0.6) is 0 Å². The number of unbranched alkanes of at least 4 members (excludes halogenated alkanes) is 4. The Morgan fingerprint density at radius 1 is 0.939 bits per heavy atom. The average Bonchev–Trinajstić information content (AvgIpc) is 3.12. The molecule has 0 atom stereocenters. The van der Waals surface area contributed by atoms with Crippen LogP contribution in [0.1, 0.15) is 55.1 Å². The average molecular weight is 507 g/mol. The summed E-state index contributed by atoms with van der Waals surface area (Å²) in [6, 6.07) is 12.2. The van der Waals surface area contributed by atoms with E-state index in [4.69, 9.17) is 34.8 Å². The number of Topliss-reactive ketones (excluding diaryl/α,β-unsaturated/α-hetero) is 1. The Kier molecular flexibility index (Phi) is 8.95. The van der Waals surface area contributed by atoms with Crippen molar-refractivity contribution in [2.75, 3.05) is 6.54 Å². The van der Waals surface area contributed by atoms with E-state index in [2.05, 4.69) is 17.3 Å². The number of carbonyl (C=O) groups is 2. The first kappa shape index (κ1) is 25.3. The summed E-state index contributed by atoms with van der Waals surface area (Å²) in [7, 11) is 0. The number of nitrogens with zero attached hydrogens (tertiary/aromatic N) is 2. The molecule has 2 aromatic carbocycles. The normalized spacial score (nSPS) is 10.9. The summed E-state index contributed by atoms with van der Waals surface area (Å²) in [5, 5.41) is 8.66. The predicted molar refractivity (Wildman–Crippen MR) is 135 cm³/mol. The largest absolute Gasteiger partial charge is 0.349 e. The van der Waals surface area contributed by atoms with Crippen LogP contribution in [0.3, 0.4) is 0 Å². The zero-order chi connectivity index (χ0) is 24.0. The fourth-order valence-electron chi connectivity index (χ4n) is 3.60. The van der Waals surface area contributed by atoms with Gasteiger partial charge >= 0.3 is 0 Å². The van der Waals surface area contributed by atoms with E-state index in [0.29, 0.717) is 38.6 Å². The molecule has 1 heterocycles. The minimum Gasteiger partial charge on any atom is -0.349 e. The van der Waals surface area contributed by atoms with Crippen molar-refractivity contribution in [3.8, 4) is 16.9 Å². The molecule has 1 amide bonds. The van der Waals surface area contributed by atoms with Crippen LogP contribution in [-0.4, -0.2) is 28.0 Å². The Morgan fingerprint density at radius 3 is 2.27 bits per heavy atom. The number of hydrogen-bond acceptors (Lipinski definition) is 3. The zero-order valence-electron chi connectivity index (χ0n) is 18.6. The monoisotopic (exact) mass is 505 g/mol. The molecule has 1 N–H and O–H groups in total. The van der Waals surface area contributed by atoms with Crippen molar-refractivity contribution in [3.63, 3.8) is 0 Å². The van der Waals surface area contributed by atoms with Crippen molar-refractivity contribution in [3.05, 3.63) is 68.8 Å². The quantitative estimate of drug-likeness (QED) is 0.181.